The van der Waals surface area contributed by atoms with E-state index in [1.807, 2.05) is 26.8 Å². The molecule has 0 bridgehead atoms. The number of pyridine rings is 3. The van der Waals surface area contributed by atoms with Crippen LogP contribution in [0.4, 0.5) is 24.5 Å². The third kappa shape index (κ3) is 5.13. The van der Waals surface area contributed by atoms with E-state index in [0.29, 0.717) is 16.9 Å². The summed E-state index contributed by atoms with van der Waals surface area (Å²) in [5.41, 5.74) is 4.41. The van der Waals surface area contributed by atoms with E-state index in [-0.39, 0.29) is 64.8 Å². The standard InChI is InChI=1S/C32H28Cl2F3N7O2/c1-6-20(45)43-10-9-42(13-16(43)5)30-17-11-19(33)28(21-23(35)22(34)24(36)25(37)26(21)39)41-31(17)44(32(46)18(30)12-38)29-15(4)7-8-40-27(29)14(2)3/h6-8,11,14,16H,1,9-10,13,39H2,2-5H3/t16-/m1/s1. The molecule has 0 saturated carbocycles. The molecular formula is C32H28Cl2F3N7O2. The molecule has 3 aromatic heterocycles. The normalized spacial score (nSPS) is 15.0. The van der Waals surface area contributed by atoms with Crippen molar-refractivity contribution in [3.8, 4) is 23.0 Å². The zero-order chi connectivity index (χ0) is 33.8. The second kappa shape index (κ2) is 12.3. The molecule has 2 N–H and O–H groups in total. The van der Waals surface area contributed by atoms with E-state index in [2.05, 4.69) is 16.5 Å². The van der Waals surface area contributed by atoms with Crippen molar-refractivity contribution in [2.24, 2.45) is 0 Å². The predicted octanol–water partition coefficient (Wildman–Crippen LogP) is 6.28. The smallest absolute Gasteiger partial charge is 0.276 e. The lowest BCUT2D eigenvalue weighted by Gasteiger charge is -2.41. The number of aromatic nitrogens is 3. The van der Waals surface area contributed by atoms with Gasteiger partial charge in [0.2, 0.25) is 5.91 Å². The summed E-state index contributed by atoms with van der Waals surface area (Å²) >= 11 is 12.5. The number of hydrogen-bond acceptors (Lipinski definition) is 7. The summed E-state index contributed by atoms with van der Waals surface area (Å²) in [5.74, 6) is -5.12. The number of benzene rings is 1. The van der Waals surface area contributed by atoms with Crippen LogP contribution in [0.3, 0.4) is 0 Å². The van der Waals surface area contributed by atoms with E-state index < -0.39 is 45.0 Å². The first-order chi connectivity index (χ1) is 21.7. The lowest BCUT2D eigenvalue weighted by molar-refractivity contribution is -0.128. The maximum absolute atomic E-state index is 15.5. The maximum Gasteiger partial charge on any atom is 0.276 e. The van der Waals surface area contributed by atoms with Crippen LogP contribution in [0.25, 0.3) is 28.0 Å². The molecule has 9 nitrogen and oxygen atoms in total. The highest BCUT2D eigenvalue weighted by molar-refractivity contribution is 6.34. The molecule has 0 aliphatic carbocycles. The SMILES string of the molecule is C=CC(=O)N1CCN(c2c(C#N)c(=O)n(-c3c(C)ccnc3C(C)C)c3nc(-c4c(N)c(F)c(F)c(Cl)c4F)c(Cl)cc23)C[C@H]1C. The molecule has 5 rings (SSSR count). The molecule has 4 aromatic rings. The van der Waals surface area contributed by atoms with Gasteiger partial charge < -0.3 is 15.5 Å². The number of nitrogens with zero attached hydrogens (tertiary/aromatic N) is 6. The molecule has 1 amide bonds. The Kier molecular flexibility index (Phi) is 8.77. The average molecular weight is 671 g/mol. The maximum atomic E-state index is 15.5. The van der Waals surface area contributed by atoms with E-state index in [0.717, 1.165) is 0 Å². The van der Waals surface area contributed by atoms with Gasteiger partial charge in [-0.3, -0.25) is 19.1 Å². The van der Waals surface area contributed by atoms with Crippen LogP contribution in [0, 0.1) is 35.7 Å². The van der Waals surface area contributed by atoms with Crippen molar-refractivity contribution < 1.29 is 18.0 Å². The van der Waals surface area contributed by atoms with Crippen LogP contribution in [0.2, 0.25) is 10.0 Å². The van der Waals surface area contributed by atoms with E-state index in [9.17, 15) is 23.6 Å². The van der Waals surface area contributed by atoms with E-state index in [4.69, 9.17) is 28.9 Å². The highest BCUT2D eigenvalue weighted by atomic mass is 35.5. The molecule has 1 aliphatic heterocycles. The van der Waals surface area contributed by atoms with Crippen LogP contribution in [0.5, 0.6) is 0 Å². The average Bonchev–Trinajstić information content (AvgIpc) is 3.02. The second-order valence-corrected chi connectivity index (χ2v) is 12.0. The number of halogens is 5. The summed E-state index contributed by atoms with van der Waals surface area (Å²) in [4.78, 5) is 39.3. The summed E-state index contributed by atoms with van der Waals surface area (Å²) in [7, 11) is 0. The van der Waals surface area contributed by atoms with E-state index >= 15 is 4.39 Å². The Balaban J connectivity index is 1.94. The van der Waals surface area contributed by atoms with Crippen LogP contribution in [0.15, 0.2) is 35.8 Å². The fourth-order valence-corrected chi connectivity index (χ4v) is 6.27. The van der Waals surface area contributed by atoms with Crippen molar-refractivity contribution in [3.05, 3.63) is 85.7 Å². The number of anilines is 2. The molecule has 1 atom stereocenters. The van der Waals surface area contributed by atoms with Crippen LogP contribution in [0.1, 0.15) is 43.5 Å². The van der Waals surface area contributed by atoms with Gasteiger partial charge in [0.15, 0.2) is 17.5 Å². The Labute approximate surface area is 272 Å². The van der Waals surface area contributed by atoms with Crippen LogP contribution >= 0.6 is 23.2 Å². The van der Waals surface area contributed by atoms with Gasteiger partial charge in [0, 0.05) is 37.3 Å². The van der Waals surface area contributed by atoms with Gasteiger partial charge in [-0.25, -0.2) is 18.2 Å². The summed E-state index contributed by atoms with van der Waals surface area (Å²) in [6, 6.07) is 4.76. The Morgan fingerprint density at radius 1 is 1.20 bits per heavy atom. The Bertz CT molecular complexity index is 2030. The molecule has 14 heteroatoms. The molecule has 0 unspecified atom stereocenters. The fraction of sp³-hybridized carbons (Fsp3) is 0.281. The third-order valence-corrected chi connectivity index (χ3v) is 8.67. The first-order valence-electron chi connectivity index (χ1n) is 14.2. The summed E-state index contributed by atoms with van der Waals surface area (Å²) in [5, 5.41) is 9.26. The van der Waals surface area contributed by atoms with Crippen molar-refractivity contribution in [3.63, 3.8) is 0 Å². The summed E-state index contributed by atoms with van der Waals surface area (Å²) in [6.07, 6.45) is 2.80. The number of amides is 1. The summed E-state index contributed by atoms with van der Waals surface area (Å²) < 4.78 is 45.7. The van der Waals surface area contributed by atoms with Crippen molar-refractivity contribution in [2.45, 2.75) is 39.7 Å². The first-order valence-corrected chi connectivity index (χ1v) is 15.0. The molecule has 1 aromatic carbocycles. The topological polar surface area (TPSA) is 121 Å². The first kappa shape index (κ1) is 32.8. The van der Waals surface area contributed by atoms with Crippen LogP contribution in [-0.4, -0.2) is 51.0 Å². The number of fused-ring (bicyclic) bond motifs is 1. The quantitative estimate of drug-likeness (QED) is 0.115. The number of hydrogen-bond donors (Lipinski definition) is 1. The van der Waals surface area contributed by atoms with Gasteiger partial charge in [0.1, 0.15) is 22.3 Å². The number of nitrogens with two attached hydrogens (primary N) is 1. The molecule has 238 valence electrons. The monoisotopic (exact) mass is 669 g/mol. The number of piperazine rings is 1. The molecule has 0 spiro atoms. The van der Waals surface area contributed by atoms with Crippen LogP contribution in [-0.2, 0) is 4.79 Å². The molecule has 1 fully saturated rings. The largest absolute Gasteiger partial charge is 0.396 e. The van der Waals surface area contributed by atoms with Gasteiger partial charge in [0.25, 0.3) is 5.56 Å². The molecule has 4 heterocycles. The van der Waals surface area contributed by atoms with Gasteiger partial charge >= 0.3 is 0 Å². The van der Waals surface area contributed by atoms with Gasteiger partial charge in [-0.1, -0.05) is 43.6 Å². The van der Waals surface area contributed by atoms with E-state index in [1.54, 1.807) is 29.0 Å². The number of aryl methyl sites for hydroxylation is 1. The Morgan fingerprint density at radius 3 is 2.50 bits per heavy atom. The highest BCUT2D eigenvalue weighted by Crippen LogP contribution is 2.42. The second-order valence-electron chi connectivity index (χ2n) is 11.3. The number of carbonyl (C=O) groups is 1. The van der Waals surface area contributed by atoms with E-state index in [1.165, 1.54) is 16.7 Å². The summed E-state index contributed by atoms with van der Waals surface area (Å²) in [6.45, 7) is 11.6. The zero-order valence-electron chi connectivity index (χ0n) is 25.3. The fourth-order valence-electron chi connectivity index (χ4n) is 5.85. The lowest BCUT2D eigenvalue weighted by Crippen LogP contribution is -2.54. The molecule has 1 aliphatic rings. The van der Waals surface area contributed by atoms with Crippen molar-refractivity contribution in [2.75, 3.05) is 30.3 Å². The Morgan fingerprint density at radius 2 is 1.89 bits per heavy atom. The molecule has 0 radical (unpaired) electrons. The van der Waals surface area contributed by atoms with Gasteiger partial charge in [-0.15, -0.1) is 0 Å². The minimum atomic E-state index is -1.68. The van der Waals surface area contributed by atoms with Gasteiger partial charge in [-0.05, 0) is 43.5 Å². The van der Waals surface area contributed by atoms with Crippen molar-refractivity contribution in [1.82, 2.24) is 19.4 Å². The molecular weight excluding hydrogens is 642 g/mol. The lowest BCUT2D eigenvalue weighted by atomic mass is 10.0. The third-order valence-electron chi connectivity index (χ3n) is 8.05. The zero-order valence-corrected chi connectivity index (χ0v) is 26.8. The number of rotatable bonds is 5. The van der Waals surface area contributed by atoms with Crippen molar-refractivity contribution >= 4 is 51.5 Å². The molecule has 46 heavy (non-hydrogen) atoms. The molecule has 1 saturated heterocycles. The minimum absolute atomic E-state index is 0.0756. The number of nitrogen functional groups attached to an aromatic ring is 1. The minimum Gasteiger partial charge on any atom is -0.396 e. The van der Waals surface area contributed by atoms with Crippen molar-refractivity contribution in [1.29, 1.82) is 5.26 Å². The predicted molar refractivity (Wildman–Crippen MR) is 172 cm³/mol. The van der Waals surface area contributed by atoms with Crippen LogP contribution < -0.4 is 16.2 Å². The van der Waals surface area contributed by atoms with Gasteiger partial charge in [-0.2, -0.15) is 5.26 Å². The van der Waals surface area contributed by atoms with Gasteiger partial charge in [0.05, 0.1) is 39.0 Å². The number of carbonyl (C=O) groups excluding carboxylic acids is 1. The number of nitriles is 1. The highest BCUT2D eigenvalue weighted by Gasteiger charge is 2.33. The Hall–Kier alpha value is -4.60.